The summed E-state index contributed by atoms with van der Waals surface area (Å²) in [6.45, 7) is -1.71. The highest BCUT2D eigenvalue weighted by atomic mass is 35.5. The quantitative estimate of drug-likeness (QED) is 0.586. The number of benzene rings is 1. The third-order valence-corrected chi connectivity index (χ3v) is 4.84. The monoisotopic (exact) mass is 417 g/mol. The molecule has 5 rings (SSSR count). The first-order valence-electron chi connectivity index (χ1n) is 10.6. The van der Waals surface area contributed by atoms with Gasteiger partial charge < -0.3 is 25.4 Å². The minimum atomic E-state index is -2.49. The number of aromatic nitrogens is 3. The first-order valence-corrected chi connectivity index (χ1v) is 9.49. The molecular formula is C19H19ClN6O3. The number of hydrogen-bond acceptors (Lipinski definition) is 7. The van der Waals surface area contributed by atoms with E-state index in [4.69, 9.17) is 25.2 Å². The molecule has 1 saturated carbocycles. The fourth-order valence-electron chi connectivity index (χ4n) is 3.12. The van der Waals surface area contributed by atoms with Crippen molar-refractivity contribution in [3.8, 4) is 11.5 Å². The molecule has 0 saturated heterocycles. The van der Waals surface area contributed by atoms with Crippen molar-refractivity contribution in [2.45, 2.75) is 18.9 Å². The van der Waals surface area contributed by atoms with Crippen LogP contribution in [0.3, 0.4) is 0 Å². The number of amides is 1. The Bertz CT molecular complexity index is 1210. The van der Waals surface area contributed by atoms with Gasteiger partial charge in [0.1, 0.15) is 30.4 Å². The van der Waals surface area contributed by atoms with Crippen molar-refractivity contribution in [1.82, 2.24) is 19.9 Å². The average Bonchev–Trinajstić information content (AvgIpc) is 3.42. The summed E-state index contributed by atoms with van der Waals surface area (Å²) in [5, 5.41) is 13.0. The predicted octanol–water partition coefficient (Wildman–Crippen LogP) is 2.83. The van der Waals surface area contributed by atoms with Gasteiger partial charge in [0.05, 0.1) is 11.9 Å². The Morgan fingerprint density at radius 3 is 3.00 bits per heavy atom. The van der Waals surface area contributed by atoms with Crippen LogP contribution in [0.15, 0.2) is 24.4 Å². The van der Waals surface area contributed by atoms with Crippen molar-refractivity contribution in [2.24, 2.45) is 0 Å². The molecule has 29 heavy (non-hydrogen) atoms. The molecule has 0 spiro atoms. The maximum absolute atomic E-state index is 12.7. The number of rotatable bonds is 5. The Labute approximate surface area is 175 Å². The van der Waals surface area contributed by atoms with Crippen molar-refractivity contribution < 1.29 is 18.4 Å². The number of nitrogens with one attached hydrogen (secondary N) is 3. The van der Waals surface area contributed by atoms with E-state index in [-0.39, 0.29) is 34.8 Å². The van der Waals surface area contributed by atoms with Crippen LogP contribution in [0.25, 0.3) is 5.65 Å². The number of ether oxygens (including phenoxy) is 2. The summed E-state index contributed by atoms with van der Waals surface area (Å²) in [6.07, 6.45) is 3.23. The molecule has 1 aliphatic carbocycles. The highest BCUT2D eigenvalue weighted by Crippen LogP contribution is 2.41. The molecule has 2 aliphatic rings. The molecule has 3 aromatic rings. The summed E-state index contributed by atoms with van der Waals surface area (Å²) in [5.41, 5.74) is 0.933. The zero-order valence-electron chi connectivity index (χ0n) is 18.2. The highest BCUT2D eigenvalue weighted by Gasteiger charge is 2.26. The van der Waals surface area contributed by atoms with Gasteiger partial charge in [-0.2, -0.15) is 9.61 Å². The van der Waals surface area contributed by atoms with Crippen LogP contribution in [0, 0.1) is 0 Å². The standard InChI is InChI=1S/C19H19ClN6O3/c1-21-16-8-15(24-13-6-10(20)7-14-17(13)29-5-4-28-14)25-18-12(9-22-26(16)18)19(27)23-11-2-3-11/h6-9,11,21H,2-5H2,1H3,(H,23,27)(H,24,25)/i1D3. The summed E-state index contributed by atoms with van der Waals surface area (Å²) in [4.78, 5) is 17.2. The van der Waals surface area contributed by atoms with E-state index in [2.05, 4.69) is 26.0 Å². The second kappa shape index (κ2) is 7.00. The van der Waals surface area contributed by atoms with E-state index in [1.165, 1.54) is 16.8 Å². The molecule has 3 N–H and O–H groups in total. The molecular weight excluding hydrogens is 396 g/mol. The normalized spacial score (nSPS) is 17.2. The summed E-state index contributed by atoms with van der Waals surface area (Å²) in [5.74, 6) is 1.04. The van der Waals surface area contributed by atoms with Crippen molar-refractivity contribution in [2.75, 3.05) is 30.8 Å². The number of hydrogen-bond donors (Lipinski definition) is 3. The molecule has 2 aromatic heterocycles. The molecule has 9 nitrogen and oxygen atoms in total. The van der Waals surface area contributed by atoms with Crippen LogP contribution in [-0.4, -0.2) is 46.7 Å². The highest BCUT2D eigenvalue weighted by molar-refractivity contribution is 6.31. The van der Waals surface area contributed by atoms with Crippen LogP contribution >= 0.6 is 11.6 Å². The van der Waals surface area contributed by atoms with Crippen LogP contribution in [0.1, 0.15) is 27.3 Å². The van der Waals surface area contributed by atoms with Gasteiger partial charge in [-0.3, -0.25) is 4.79 Å². The lowest BCUT2D eigenvalue weighted by atomic mass is 10.2. The minimum absolute atomic E-state index is 0.135. The molecule has 10 heteroatoms. The van der Waals surface area contributed by atoms with Crippen molar-refractivity contribution in [3.63, 3.8) is 0 Å². The summed E-state index contributed by atoms with van der Waals surface area (Å²) in [7, 11) is 0. The molecule has 0 radical (unpaired) electrons. The van der Waals surface area contributed by atoms with Crippen LogP contribution in [-0.2, 0) is 0 Å². The largest absolute Gasteiger partial charge is 0.486 e. The lowest BCUT2D eigenvalue weighted by Crippen LogP contribution is -2.25. The zero-order valence-corrected chi connectivity index (χ0v) is 15.9. The van der Waals surface area contributed by atoms with Gasteiger partial charge in [-0.1, -0.05) is 11.6 Å². The summed E-state index contributed by atoms with van der Waals surface area (Å²) in [6, 6.07) is 4.92. The van der Waals surface area contributed by atoms with Crippen LogP contribution < -0.4 is 25.4 Å². The Morgan fingerprint density at radius 1 is 1.31 bits per heavy atom. The number of anilines is 3. The van der Waals surface area contributed by atoms with Gasteiger partial charge in [-0.05, 0) is 18.9 Å². The van der Waals surface area contributed by atoms with Crippen molar-refractivity contribution in [1.29, 1.82) is 0 Å². The maximum atomic E-state index is 12.7. The summed E-state index contributed by atoms with van der Waals surface area (Å²) < 4.78 is 35.4. The third-order valence-electron chi connectivity index (χ3n) is 4.63. The third kappa shape index (κ3) is 3.38. The molecule has 1 aromatic carbocycles. The van der Waals surface area contributed by atoms with E-state index in [0.717, 1.165) is 12.8 Å². The Kier molecular flexibility index (Phi) is 3.56. The second-order valence-electron chi connectivity index (χ2n) is 6.80. The Hall–Kier alpha value is -3.20. The van der Waals surface area contributed by atoms with Gasteiger partial charge in [-0.15, -0.1) is 0 Å². The minimum Gasteiger partial charge on any atom is -0.486 e. The van der Waals surface area contributed by atoms with Gasteiger partial charge in [0.15, 0.2) is 17.1 Å². The molecule has 3 heterocycles. The van der Waals surface area contributed by atoms with E-state index in [9.17, 15) is 4.79 Å². The van der Waals surface area contributed by atoms with E-state index < -0.39 is 6.98 Å². The number of halogens is 1. The van der Waals surface area contributed by atoms with Crippen molar-refractivity contribution >= 4 is 40.5 Å². The smallest absolute Gasteiger partial charge is 0.256 e. The fourth-order valence-corrected chi connectivity index (χ4v) is 3.33. The molecule has 1 fully saturated rings. The van der Waals surface area contributed by atoms with Crippen LogP contribution in [0.2, 0.25) is 5.02 Å². The molecule has 0 atom stereocenters. The number of carbonyl (C=O) groups excluding carboxylic acids is 1. The van der Waals surface area contributed by atoms with E-state index in [0.29, 0.717) is 35.4 Å². The van der Waals surface area contributed by atoms with Gasteiger partial charge >= 0.3 is 0 Å². The van der Waals surface area contributed by atoms with E-state index in [1.54, 1.807) is 12.1 Å². The lowest BCUT2D eigenvalue weighted by molar-refractivity contribution is 0.0952. The molecule has 150 valence electrons. The Balaban J connectivity index is 1.58. The van der Waals surface area contributed by atoms with E-state index in [1.807, 2.05) is 0 Å². The fraction of sp³-hybridized carbons (Fsp3) is 0.316. The number of carbonyl (C=O) groups is 1. The van der Waals surface area contributed by atoms with Gasteiger partial charge in [-0.25, -0.2) is 4.98 Å². The molecule has 1 aliphatic heterocycles. The number of fused-ring (bicyclic) bond motifs is 2. The zero-order chi connectivity index (χ0) is 22.5. The van der Waals surface area contributed by atoms with Crippen molar-refractivity contribution in [3.05, 3.63) is 35.0 Å². The first kappa shape index (κ1) is 14.7. The lowest BCUT2D eigenvalue weighted by Gasteiger charge is -2.22. The molecule has 0 bridgehead atoms. The maximum Gasteiger partial charge on any atom is 0.256 e. The molecule has 1 amide bonds. The van der Waals surface area contributed by atoms with E-state index >= 15 is 0 Å². The number of nitrogens with zero attached hydrogens (tertiary/aromatic N) is 3. The average molecular weight is 418 g/mol. The van der Waals surface area contributed by atoms with Crippen LogP contribution in [0.4, 0.5) is 17.3 Å². The topological polar surface area (TPSA) is 102 Å². The van der Waals surface area contributed by atoms with Gasteiger partial charge in [0, 0.05) is 34.3 Å². The Morgan fingerprint density at radius 2 is 2.17 bits per heavy atom. The molecule has 0 unspecified atom stereocenters. The SMILES string of the molecule is [2H]C([2H])([2H])Nc1cc(Nc2cc(Cl)cc3c2OCCO3)nc2c(C(=O)NC3CC3)cnn12. The summed E-state index contributed by atoms with van der Waals surface area (Å²) >= 11 is 6.22. The van der Waals surface area contributed by atoms with Crippen LogP contribution in [0.5, 0.6) is 11.5 Å². The first-order chi connectivity index (χ1) is 15.3. The van der Waals surface area contributed by atoms with Gasteiger partial charge in [0.2, 0.25) is 0 Å². The second-order valence-corrected chi connectivity index (χ2v) is 7.23. The predicted molar refractivity (Wildman–Crippen MR) is 109 cm³/mol. The van der Waals surface area contributed by atoms with Gasteiger partial charge in [0.25, 0.3) is 5.91 Å².